The van der Waals surface area contributed by atoms with Crippen LogP contribution in [0.15, 0.2) is 22.8 Å². The van der Waals surface area contributed by atoms with E-state index >= 15 is 0 Å². The van der Waals surface area contributed by atoms with Crippen molar-refractivity contribution in [1.29, 1.82) is 0 Å². The first-order valence-corrected chi connectivity index (χ1v) is 6.90. The number of aliphatic hydroxyl groups excluding tert-OH is 1. The Morgan fingerprint density at radius 1 is 1.57 bits per heavy atom. The van der Waals surface area contributed by atoms with Crippen LogP contribution in [-0.2, 0) is 9.53 Å². The molecule has 0 bridgehead atoms. The molecule has 0 aromatic carbocycles. The average molecular weight is 310 g/mol. The van der Waals surface area contributed by atoms with Gasteiger partial charge in [0.25, 0.3) is 5.91 Å². The van der Waals surface area contributed by atoms with Crippen LogP contribution in [0.2, 0.25) is 0 Å². The third-order valence-electron chi connectivity index (χ3n) is 2.67. The van der Waals surface area contributed by atoms with Crippen molar-refractivity contribution in [1.82, 2.24) is 10.3 Å². The zero-order valence-electron chi connectivity index (χ0n) is 11.5. The number of carbonyl (C=O) groups excluding carboxylic acids is 2. The number of nitrogens with one attached hydrogen (secondary N) is 1. The Labute approximate surface area is 124 Å². The van der Waals surface area contributed by atoms with E-state index in [1.54, 1.807) is 19.1 Å². The fourth-order valence-electron chi connectivity index (χ4n) is 1.61. The number of ether oxygens (including phenoxy) is 1. The highest BCUT2D eigenvalue weighted by Crippen LogP contribution is 2.27. The van der Waals surface area contributed by atoms with E-state index in [2.05, 4.69) is 15.0 Å². The monoisotopic (exact) mass is 310 g/mol. The minimum atomic E-state index is -1.40. The third kappa shape index (κ3) is 3.47. The topological polar surface area (TPSA) is 102 Å². The van der Waals surface area contributed by atoms with Gasteiger partial charge in [-0.3, -0.25) is 4.79 Å². The largest absolute Gasteiger partial charge is 0.467 e. The molecule has 2 heterocycles. The summed E-state index contributed by atoms with van der Waals surface area (Å²) in [6.45, 7) is 1.52. The zero-order valence-corrected chi connectivity index (χ0v) is 12.3. The van der Waals surface area contributed by atoms with Gasteiger partial charge >= 0.3 is 5.97 Å². The summed E-state index contributed by atoms with van der Waals surface area (Å²) in [7, 11) is 1.16. The summed E-state index contributed by atoms with van der Waals surface area (Å²) in [6.07, 6.45) is 0.126. The summed E-state index contributed by atoms with van der Waals surface area (Å²) in [4.78, 5) is 28.0. The van der Waals surface area contributed by atoms with Crippen molar-refractivity contribution in [2.75, 3.05) is 13.7 Å². The minimum Gasteiger partial charge on any atom is -0.467 e. The number of carbonyl (C=O) groups is 2. The molecule has 2 N–H and O–H groups in total. The Bertz CT molecular complexity index is 635. The number of rotatable bonds is 5. The number of hydrogen-bond acceptors (Lipinski definition) is 7. The van der Waals surface area contributed by atoms with Crippen LogP contribution in [0, 0.1) is 6.92 Å². The highest BCUT2D eigenvalue weighted by atomic mass is 32.1. The number of furan rings is 1. The van der Waals surface area contributed by atoms with Crippen molar-refractivity contribution in [2.45, 2.75) is 13.0 Å². The molecule has 8 heteroatoms. The van der Waals surface area contributed by atoms with Gasteiger partial charge in [-0.15, -0.1) is 11.3 Å². The number of hydrogen-bond donors (Lipinski definition) is 2. The van der Waals surface area contributed by atoms with E-state index in [4.69, 9.17) is 4.42 Å². The molecule has 0 fully saturated rings. The van der Waals surface area contributed by atoms with Gasteiger partial charge in [0.2, 0.25) is 0 Å². The predicted molar refractivity (Wildman–Crippen MR) is 74.9 cm³/mol. The van der Waals surface area contributed by atoms with E-state index in [0.717, 1.165) is 7.11 Å². The van der Waals surface area contributed by atoms with Crippen LogP contribution >= 0.6 is 11.3 Å². The maximum absolute atomic E-state index is 12.0. The zero-order chi connectivity index (χ0) is 15.4. The van der Waals surface area contributed by atoms with E-state index < -0.39 is 18.0 Å². The van der Waals surface area contributed by atoms with Crippen LogP contribution in [0.3, 0.4) is 0 Å². The van der Waals surface area contributed by atoms with Gasteiger partial charge in [0.1, 0.15) is 5.69 Å². The average Bonchev–Trinajstić information content (AvgIpc) is 3.12. The van der Waals surface area contributed by atoms with Crippen molar-refractivity contribution in [2.24, 2.45) is 0 Å². The van der Waals surface area contributed by atoms with Crippen molar-refractivity contribution < 1.29 is 23.8 Å². The second kappa shape index (κ2) is 6.51. The number of esters is 1. The lowest BCUT2D eigenvalue weighted by Gasteiger charge is -2.08. The number of nitrogens with zero attached hydrogens (tertiary/aromatic N) is 1. The molecule has 1 atom stereocenters. The maximum atomic E-state index is 12.0. The van der Waals surface area contributed by atoms with Gasteiger partial charge in [-0.1, -0.05) is 0 Å². The second-order valence-electron chi connectivity index (χ2n) is 4.15. The highest BCUT2D eigenvalue weighted by Gasteiger charge is 2.20. The van der Waals surface area contributed by atoms with E-state index in [1.165, 1.54) is 17.6 Å². The lowest BCUT2D eigenvalue weighted by Crippen LogP contribution is -2.37. The molecule has 0 aliphatic heterocycles. The van der Waals surface area contributed by atoms with Crippen LogP contribution in [0.25, 0.3) is 10.8 Å². The molecular formula is C13H14N2O5S. The fourth-order valence-corrected chi connectivity index (χ4v) is 2.48. The Kier molecular flexibility index (Phi) is 4.71. The van der Waals surface area contributed by atoms with Crippen molar-refractivity contribution in [3.8, 4) is 10.8 Å². The van der Waals surface area contributed by atoms with Crippen LogP contribution < -0.4 is 5.32 Å². The molecule has 0 saturated heterocycles. The van der Waals surface area contributed by atoms with E-state index in [0.29, 0.717) is 15.6 Å². The van der Waals surface area contributed by atoms with Crippen molar-refractivity contribution >= 4 is 23.2 Å². The Hall–Kier alpha value is -2.19. The van der Waals surface area contributed by atoms with Gasteiger partial charge in [-0.2, -0.15) is 0 Å². The SMILES string of the molecule is COC(=O)C(O)CNC(=O)c1nc(-c2ccco2)sc1C. The quantitative estimate of drug-likeness (QED) is 0.798. The summed E-state index contributed by atoms with van der Waals surface area (Å²) in [5.74, 6) is -0.692. The number of methoxy groups -OCH3 is 1. The van der Waals surface area contributed by atoms with E-state index in [-0.39, 0.29) is 12.2 Å². The smallest absolute Gasteiger partial charge is 0.336 e. The molecule has 1 amide bonds. The molecule has 0 aliphatic rings. The minimum absolute atomic E-state index is 0.238. The highest BCUT2D eigenvalue weighted by molar-refractivity contribution is 7.15. The van der Waals surface area contributed by atoms with Crippen molar-refractivity contribution in [3.05, 3.63) is 29.0 Å². The van der Waals surface area contributed by atoms with E-state index in [1.807, 2.05) is 0 Å². The molecule has 7 nitrogen and oxygen atoms in total. The number of amides is 1. The molecule has 0 spiro atoms. The standard InChI is InChI=1S/C13H14N2O5S/c1-7-10(11(17)14-6-8(16)13(18)19-2)15-12(21-7)9-4-3-5-20-9/h3-5,8,16H,6H2,1-2H3,(H,14,17). The Balaban J connectivity index is 2.05. The normalized spacial score (nSPS) is 12.0. The first kappa shape index (κ1) is 15.2. The molecule has 2 rings (SSSR count). The molecule has 2 aromatic rings. The van der Waals surface area contributed by atoms with Gasteiger partial charge in [0.05, 0.1) is 19.9 Å². The van der Waals surface area contributed by atoms with Crippen LogP contribution in [0.1, 0.15) is 15.4 Å². The summed E-state index contributed by atoms with van der Waals surface area (Å²) in [5, 5.41) is 12.4. The van der Waals surface area contributed by atoms with Gasteiger partial charge in [-0.05, 0) is 19.1 Å². The lowest BCUT2D eigenvalue weighted by atomic mass is 10.3. The molecule has 0 radical (unpaired) electrons. The molecular weight excluding hydrogens is 296 g/mol. The van der Waals surface area contributed by atoms with Crippen LogP contribution in [0.4, 0.5) is 0 Å². The molecule has 112 valence electrons. The molecule has 0 aliphatic carbocycles. The van der Waals surface area contributed by atoms with Gasteiger partial charge in [0, 0.05) is 4.88 Å². The van der Waals surface area contributed by atoms with Crippen LogP contribution in [-0.4, -0.2) is 41.7 Å². The number of aliphatic hydroxyl groups is 1. The van der Waals surface area contributed by atoms with Gasteiger partial charge in [-0.25, -0.2) is 9.78 Å². The van der Waals surface area contributed by atoms with Gasteiger partial charge < -0.3 is 19.6 Å². The Morgan fingerprint density at radius 2 is 2.33 bits per heavy atom. The molecule has 2 aromatic heterocycles. The van der Waals surface area contributed by atoms with Crippen LogP contribution in [0.5, 0.6) is 0 Å². The molecule has 0 saturated carbocycles. The van der Waals surface area contributed by atoms with Crippen molar-refractivity contribution in [3.63, 3.8) is 0 Å². The summed E-state index contributed by atoms with van der Waals surface area (Å²) in [6, 6.07) is 3.49. The summed E-state index contributed by atoms with van der Waals surface area (Å²) >= 11 is 1.33. The second-order valence-corrected chi connectivity index (χ2v) is 5.35. The van der Waals surface area contributed by atoms with E-state index in [9.17, 15) is 14.7 Å². The first-order valence-electron chi connectivity index (χ1n) is 6.08. The maximum Gasteiger partial charge on any atom is 0.336 e. The molecule has 21 heavy (non-hydrogen) atoms. The summed E-state index contributed by atoms with van der Waals surface area (Å²) < 4.78 is 9.59. The lowest BCUT2D eigenvalue weighted by molar-refractivity contribution is -0.149. The fraction of sp³-hybridized carbons (Fsp3) is 0.308. The molecule has 1 unspecified atom stereocenters. The first-order chi connectivity index (χ1) is 10.0. The third-order valence-corrected chi connectivity index (χ3v) is 3.66. The number of aryl methyl sites for hydroxylation is 1. The Morgan fingerprint density at radius 3 is 2.95 bits per heavy atom. The number of aromatic nitrogens is 1. The summed E-state index contributed by atoms with van der Waals surface area (Å²) in [5.41, 5.74) is 0.239. The van der Waals surface area contributed by atoms with Gasteiger partial charge in [0.15, 0.2) is 16.9 Å². The predicted octanol–water partition coefficient (Wildman–Crippen LogP) is 0.975. The number of thiazole rings is 1.